The number of carboxylic acid groups (broad SMARTS) is 1. The number of rotatable bonds is 6. The van der Waals surface area contributed by atoms with Gasteiger partial charge in [-0.15, -0.1) is 0 Å². The minimum atomic E-state index is -1.02. The van der Waals surface area contributed by atoms with Crippen molar-refractivity contribution in [3.8, 4) is 23.3 Å². The van der Waals surface area contributed by atoms with E-state index in [1.54, 1.807) is 6.08 Å². The number of hydrogen-bond donors (Lipinski definition) is 1. The minimum Gasteiger partial charge on any atom is -0.480 e. The predicted molar refractivity (Wildman–Crippen MR) is 98.6 cm³/mol. The molecule has 3 rings (SSSR count). The highest BCUT2D eigenvalue weighted by atomic mass is 16.4. The molecule has 0 aliphatic carbocycles. The van der Waals surface area contributed by atoms with Crippen molar-refractivity contribution in [3.05, 3.63) is 66.3 Å². The lowest BCUT2D eigenvalue weighted by molar-refractivity contribution is -0.141. The van der Waals surface area contributed by atoms with Gasteiger partial charge >= 0.3 is 5.97 Å². The molecule has 27 heavy (non-hydrogen) atoms. The first-order valence-corrected chi connectivity index (χ1v) is 8.39. The average Bonchev–Trinajstić information content (AvgIpc) is 3.32. The van der Waals surface area contributed by atoms with Crippen LogP contribution in [0, 0.1) is 18.8 Å². The van der Waals surface area contributed by atoms with Crippen LogP contribution in [-0.2, 0) is 11.2 Å². The molecule has 2 aromatic heterocycles. The molecule has 136 valence electrons. The number of carbonyl (C=O) groups is 1. The summed E-state index contributed by atoms with van der Waals surface area (Å²) in [6.07, 6.45) is 7.14. The lowest BCUT2D eigenvalue weighted by Crippen LogP contribution is -2.20. The van der Waals surface area contributed by atoms with E-state index in [9.17, 15) is 9.90 Å². The van der Waals surface area contributed by atoms with Gasteiger partial charge < -0.3 is 9.52 Å². The van der Waals surface area contributed by atoms with Gasteiger partial charge in [0.2, 0.25) is 5.89 Å². The molecule has 0 saturated carbocycles. The molecule has 0 bridgehead atoms. The van der Waals surface area contributed by atoms with Crippen LogP contribution in [0.25, 0.3) is 11.5 Å². The normalized spacial score (nSPS) is 11.9. The van der Waals surface area contributed by atoms with Gasteiger partial charge in [-0.1, -0.05) is 36.1 Å². The molecule has 0 amide bonds. The van der Waals surface area contributed by atoms with E-state index in [4.69, 9.17) is 4.42 Å². The van der Waals surface area contributed by atoms with Crippen LogP contribution in [0.5, 0.6) is 0 Å². The number of carboxylic acids is 1. The second-order valence-corrected chi connectivity index (χ2v) is 5.72. The van der Waals surface area contributed by atoms with Crippen molar-refractivity contribution in [3.63, 3.8) is 0 Å². The van der Waals surface area contributed by atoms with Crippen molar-refractivity contribution in [2.45, 2.75) is 25.8 Å². The molecule has 2 heterocycles. The van der Waals surface area contributed by atoms with Crippen molar-refractivity contribution >= 4 is 5.97 Å². The van der Waals surface area contributed by atoms with Gasteiger partial charge in [-0.2, -0.15) is 15.0 Å². The predicted octanol–water partition coefficient (Wildman–Crippen LogP) is 3.06. The molecule has 0 fully saturated rings. The minimum absolute atomic E-state index is 0.121. The Morgan fingerprint density at radius 3 is 2.74 bits per heavy atom. The summed E-state index contributed by atoms with van der Waals surface area (Å²) < 4.78 is 5.72. The van der Waals surface area contributed by atoms with Crippen molar-refractivity contribution in [1.29, 1.82) is 0 Å². The monoisotopic (exact) mass is 362 g/mol. The maximum atomic E-state index is 11.3. The third-order valence-electron chi connectivity index (χ3n) is 3.82. The topological polar surface area (TPSA) is 94.0 Å². The Balaban J connectivity index is 1.58. The van der Waals surface area contributed by atoms with Gasteiger partial charge in [0.25, 0.3) is 0 Å². The zero-order chi connectivity index (χ0) is 19.1. The second-order valence-electron chi connectivity index (χ2n) is 5.72. The van der Waals surface area contributed by atoms with Crippen LogP contribution < -0.4 is 0 Å². The number of benzene rings is 1. The largest absolute Gasteiger partial charge is 0.480 e. The first kappa shape index (κ1) is 18.1. The second kappa shape index (κ2) is 8.63. The highest BCUT2D eigenvalue weighted by Gasteiger charge is 2.19. The molecule has 0 saturated heterocycles. The molecule has 0 radical (unpaired) electrons. The Bertz CT molecular complexity index is 979. The lowest BCUT2D eigenvalue weighted by Gasteiger charge is -2.06. The Morgan fingerprint density at radius 1 is 1.30 bits per heavy atom. The van der Waals surface area contributed by atoms with Gasteiger partial charge in [0.1, 0.15) is 5.76 Å². The van der Waals surface area contributed by atoms with Crippen LogP contribution in [0.4, 0.5) is 0 Å². The molecule has 7 nitrogen and oxygen atoms in total. The van der Waals surface area contributed by atoms with E-state index in [1.807, 2.05) is 43.3 Å². The Labute approximate surface area is 156 Å². The quantitative estimate of drug-likeness (QED) is 0.677. The molecular formula is C20H18N4O3. The number of nitrogens with zero attached hydrogens (tertiary/aromatic N) is 4. The molecule has 0 spiro atoms. The van der Waals surface area contributed by atoms with Crippen molar-refractivity contribution in [2.75, 3.05) is 0 Å². The van der Waals surface area contributed by atoms with Crippen molar-refractivity contribution in [1.82, 2.24) is 20.0 Å². The van der Waals surface area contributed by atoms with E-state index in [0.717, 1.165) is 21.8 Å². The van der Waals surface area contributed by atoms with Gasteiger partial charge in [0.05, 0.1) is 18.1 Å². The maximum absolute atomic E-state index is 11.3. The fraction of sp³-hybridized carbons (Fsp3) is 0.200. The lowest BCUT2D eigenvalue weighted by atomic mass is 10.2. The third kappa shape index (κ3) is 4.70. The molecular weight excluding hydrogens is 344 g/mol. The van der Waals surface area contributed by atoms with Crippen LogP contribution >= 0.6 is 0 Å². The Kier molecular flexibility index (Phi) is 5.80. The fourth-order valence-corrected chi connectivity index (χ4v) is 2.42. The van der Waals surface area contributed by atoms with Gasteiger partial charge in [0, 0.05) is 18.4 Å². The van der Waals surface area contributed by atoms with Crippen LogP contribution in [0.1, 0.15) is 23.9 Å². The summed E-state index contributed by atoms with van der Waals surface area (Å²) in [5, 5.41) is 16.9. The van der Waals surface area contributed by atoms with E-state index in [1.165, 1.54) is 12.4 Å². The van der Waals surface area contributed by atoms with Gasteiger partial charge in [-0.25, -0.2) is 9.78 Å². The van der Waals surface area contributed by atoms with E-state index < -0.39 is 12.0 Å². The SMILES string of the molecule is Cc1oc(-c2ccccc2)nc1CC=CC#CCC(C(=O)O)n1nccn1. The zero-order valence-electron chi connectivity index (χ0n) is 14.7. The summed E-state index contributed by atoms with van der Waals surface area (Å²) in [6.45, 7) is 1.88. The van der Waals surface area contributed by atoms with Crippen LogP contribution in [0.2, 0.25) is 0 Å². The molecule has 0 aliphatic heterocycles. The molecule has 3 aromatic rings. The smallest absolute Gasteiger partial charge is 0.331 e. The number of aryl methyl sites for hydroxylation is 1. The summed E-state index contributed by atoms with van der Waals surface area (Å²) in [4.78, 5) is 16.9. The van der Waals surface area contributed by atoms with Gasteiger partial charge in [0.15, 0.2) is 6.04 Å². The van der Waals surface area contributed by atoms with Crippen LogP contribution in [0.3, 0.4) is 0 Å². The van der Waals surface area contributed by atoms with Gasteiger partial charge in [-0.3, -0.25) is 0 Å². The zero-order valence-corrected chi connectivity index (χ0v) is 14.7. The number of aromatic nitrogens is 4. The number of hydrogen-bond acceptors (Lipinski definition) is 5. The van der Waals surface area contributed by atoms with Crippen molar-refractivity contribution < 1.29 is 14.3 Å². The van der Waals surface area contributed by atoms with E-state index in [-0.39, 0.29) is 6.42 Å². The van der Waals surface area contributed by atoms with Crippen molar-refractivity contribution in [2.24, 2.45) is 0 Å². The number of allylic oxidation sites excluding steroid dienone is 2. The standard InChI is InChI=1S/C20H18N4O3/c1-15-17(23-19(27-15)16-9-5-4-6-10-16)11-7-2-3-8-12-18(20(25)26)24-21-13-14-22-24/h2,4-7,9-10,13-14,18H,11-12H2,1H3,(H,25,26). The summed E-state index contributed by atoms with van der Waals surface area (Å²) in [6, 6.07) is 8.82. The van der Waals surface area contributed by atoms with E-state index in [0.29, 0.717) is 12.3 Å². The highest BCUT2D eigenvalue weighted by molar-refractivity contribution is 5.71. The molecule has 1 aromatic carbocycles. The summed E-state index contributed by atoms with van der Waals surface area (Å²) in [5.41, 5.74) is 1.78. The maximum Gasteiger partial charge on any atom is 0.331 e. The molecule has 1 N–H and O–H groups in total. The number of aliphatic carboxylic acids is 1. The summed E-state index contributed by atoms with van der Waals surface area (Å²) in [5.74, 6) is 6.01. The third-order valence-corrected chi connectivity index (χ3v) is 3.82. The van der Waals surface area contributed by atoms with Gasteiger partial charge in [-0.05, 0) is 25.1 Å². The average molecular weight is 362 g/mol. The molecule has 1 unspecified atom stereocenters. The Hall–Kier alpha value is -3.66. The summed E-state index contributed by atoms with van der Waals surface area (Å²) in [7, 11) is 0. The molecule has 0 aliphatic rings. The fourth-order valence-electron chi connectivity index (χ4n) is 2.42. The Morgan fingerprint density at radius 2 is 2.04 bits per heavy atom. The number of oxazole rings is 1. The molecule has 1 atom stereocenters. The first-order chi connectivity index (χ1) is 13.1. The van der Waals surface area contributed by atoms with Crippen LogP contribution in [-0.4, -0.2) is 31.1 Å². The molecule has 7 heteroatoms. The van der Waals surface area contributed by atoms with Crippen LogP contribution in [0.15, 0.2) is 59.3 Å². The highest BCUT2D eigenvalue weighted by Crippen LogP contribution is 2.21. The van der Waals surface area contributed by atoms with E-state index >= 15 is 0 Å². The van der Waals surface area contributed by atoms with E-state index in [2.05, 4.69) is 27.0 Å². The first-order valence-electron chi connectivity index (χ1n) is 8.39. The summed E-state index contributed by atoms with van der Waals surface area (Å²) >= 11 is 0.